The Bertz CT molecular complexity index is 678. The van der Waals surface area contributed by atoms with Crippen LogP contribution < -0.4 is 10.2 Å². The van der Waals surface area contributed by atoms with E-state index in [0.29, 0.717) is 13.0 Å². The van der Waals surface area contributed by atoms with E-state index in [1.54, 1.807) is 0 Å². The number of nitrogens with zero attached hydrogens (tertiary/aromatic N) is 5. The molecule has 1 aromatic rings. The molecule has 3 rings (SSSR count). The van der Waals surface area contributed by atoms with Crippen LogP contribution in [0.3, 0.4) is 0 Å². The van der Waals surface area contributed by atoms with Crippen LogP contribution >= 0.6 is 0 Å². The molecular weight excluding hydrogens is 376 g/mol. The summed E-state index contributed by atoms with van der Waals surface area (Å²) in [6.45, 7) is 7.19. The number of pyridine rings is 1. The number of hydrogen-bond acceptors (Lipinski definition) is 4. The fourth-order valence-corrected chi connectivity index (χ4v) is 4.54. The summed E-state index contributed by atoms with van der Waals surface area (Å²) in [6.07, 6.45) is 7.62. The van der Waals surface area contributed by atoms with Crippen molar-refractivity contribution < 1.29 is 4.79 Å². The molecule has 0 aromatic carbocycles. The maximum Gasteiger partial charge on any atom is 0.224 e. The lowest BCUT2D eigenvalue weighted by molar-refractivity contribution is -0.131. The van der Waals surface area contributed by atoms with Crippen LogP contribution in [0.25, 0.3) is 0 Å². The van der Waals surface area contributed by atoms with Gasteiger partial charge in [0.15, 0.2) is 5.96 Å². The zero-order valence-electron chi connectivity index (χ0n) is 18.9. The first-order chi connectivity index (χ1) is 14.6. The van der Waals surface area contributed by atoms with Gasteiger partial charge in [-0.1, -0.05) is 25.8 Å². The number of anilines is 1. The zero-order chi connectivity index (χ0) is 21.3. The van der Waals surface area contributed by atoms with Crippen molar-refractivity contribution in [2.45, 2.75) is 39.0 Å². The first-order valence-electron chi connectivity index (χ1n) is 11.4. The standard InChI is InChI=1S/C23H38N6O/c1-19-7-9-20(10-8-19)18-27(3)23(24-2)26-13-11-22(30)29-16-14-28(15-17-29)21-6-4-5-12-25-21/h4-6,12,19-20H,7-11,13-18H2,1-3H3,(H,24,26). The molecule has 0 spiro atoms. The number of carbonyl (C=O) groups is 1. The third-order valence-corrected chi connectivity index (χ3v) is 6.47. The van der Waals surface area contributed by atoms with E-state index in [1.807, 2.05) is 36.3 Å². The van der Waals surface area contributed by atoms with E-state index in [0.717, 1.165) is 56.3 Å². The fourth-order valence-electron chi connectivity index (χ4n) is 4.54. The van der Waals surface area contributed by atoms with Crippen molar-refractivity contribution in [1.29, 1.82) is 0 Å². The fraction of sp³-hybridized carbons (Fsp3) is 0.696. The SMILES string of the molecule is CN=C(NCCC(=O)N1CCN(c2ccccn2)CC1)N(C)CC1CCC(C)CC1. The van der Waals surface area contributed by atoms with Crippen LogP contribution in [-0.2, 0) is 4.79 Å². The van der Waals surface area contributed by atoms with E-state index in [4.69, 9.17) is 0 Å². The van der Waals surface area contributed by atoms with Gasteiger partial charge in [-0.2, -0.15) is 0 Å². The lowest BCUT2D eigenvalue weighted by Gasteiger charge is -2.35. The molecule has 1 N–H and O–H groups in total. The number of carbonyl (C=O) groups excluding carboxylic acids is 1. The summed E-state index contributed by atoms with van der Waals surface area (Å²) >= 11 is 0. The van der Waals surface area contributed by atoms with Crippen molar-refractivity contribution in [2.75, 3.05) is 58.3 Å². The molecule has 1 saturated heterocycles. The highest BCUT2D eigenvalue weighted by Gasteiger charge is 2.23. The van der Waals surface area contributed by atoms with Gasteiger partial charge in [-0.3, -0.25) is 9.79 Å². The Morgan fingerprint density at radius 2 is 1.93 bits per heavy atom. The zero-order valence-corrected chi connectivity index (χ0v) is 18.9. The van der Waals surface area contributed by atoms with Gasteiger partial charge in [0.2, 0.25) is 5.91 Å². The Labute approximate surface area is 181 Å². The van der Waals surface area contributed by atoms with Crippen molar-refractivity contribution in [3.8, 4) is 0 Å². The average Bonchev–Trinajstić information content (AvgIpc) is 2.78. The van der Waals surface area contributed by atoms with E-state index in [2.05, 4.69) is 39.1 Å². The second-order valence-corrected chi connectivity index (χ2v) is 8.79. The molecule has 1 aliphatic carbocycles. The van der Waals surface area contributed by atoms with Crippen molar-refractivity contribution in [3.63, 3.8) is 0 Å². The third-order valence-electron chi connectivity index (χ3n) is 6.47. The first-order valence-corrected chi connectivity index (χ1v) is 11.4. The van der Waals surface area contributed by atoms with Gasteiger partial charge in [-0.05, 0) is 36.8 Å². The Kier molecular flexibility index (Phi) is 8.34. The average molecular weight is 415 g/mol. The van der Waals surface area contributed by atoms with Crippen molar-refractivity contribution >= 4 is 17.7 Å². The minimum absolute atomic E-state index is 0.211. The van der Waals surface area contributed by atoms with Crippen molar-refractivity contribution in [1.82, 2.24) is 20.1 Å². The van der Waals surface area contributed by atoms with Crippen LogP contribution in [0.2, 0.25) is 0 Å². The number of piperazine rings is 1. The summed E-state index contributed by atoms with van der Waals surface area (Å²) in [7, 11) is 3.92. The summed E-state index contributed by atoms with van der Waals surface area (Å²) in [5, 5.41) is 3.38. The molecule has 1 saturated carbocycles. The Morgan fingerprint density at radius 3 is 2.57 bits per heavy atom. The highest BCUT2D eigenvalue weighted by molar-refractivity contribution is 5.81. The quantitative estimate of drug-likeness (QED) is 0.572. The second kappa shape index (κ2) is 11.2. The molecule has 0 unspecified atom stereocenters. The minimum Gasteiger partial charge on any atom is -0.356 e. The lowest BCUT2D eigenvalue weighted by Crippen LogP contribution is -2.50. The summed E-state index contributed by atoms with van der Waals surface area (Å²) in [5.74, 6) is 3.72. The van der Waals surface area contributed by atoms with Crippen molar-refractivity contribution in [3.05, 3.63) is 24.4 Å². The van der Waals surface area contributed by atoms with E-state index in [1.165, 1.54) is 25.7 Å². The molecule has 1 amide bonds. The van der Waals surface area contributed by atoms with Gasteiger partial charge in [0.25, 0.3) is 0 Å². The molecule has 0 atom stereocenters. The molecule has 0 bridgehead atoms. The Hall–Kier alpha value is -2.31. The van der Waals surface area contributed by atoms with E-state index in [-0.39, 0.29) is 5.91 Å². The molecule has 2 fully saturated rings. The van der Waals surface area contributed by atoms with Gasteiger partial charge in [-0.15, -0.1) is 0 Å². The molecule has 7 nitrogen and oxygen atoms in total. The monoisotopic (exact) mass is 414 g/mol. The third kappa shape index (κ3) is 6.34. The summed E-state index contributed by atoms with van der Waals surface area (Å²) < 4.78 is 0. The van der Waals surface area contributed by atoms with Gasteiger partial charge in [0.1, 0.15) is 5.82 Å². The summed E-state index contributed by atoms with van der Waals surface area (Å²) in [5.41, 5.74) is 0. The number of nitrogens with one attached hydrogen (secondary N) is 1. The Balaban J connectivity index is 1.36. The van der Waals surface area contributed by atoms with Crippen LogP contribution in [0.1, 0.15) is 39.0 Å². The summed E-state index contributed by atoms with van der Waals surface area (Å²) in [6, 6.07) is 5.96. The minimum atomic E-state index is 0.211. The van der Waals surface area contributed by atoms with Gasteiger partial charge in [0.05, 0.1) is 0 Å². The van der Waals surface area contributed by atoms with Crippen LogP contribution in [0.15, 0.2) is 29.4 Å². The predicted octanol–water partition coefficient (Wildman–Crippen LogP) is 2.45. The predicted molar refractivity (Wildman–Crippen MR) is 123 cm³/mol. The number of rotatable bonds is 6. The molecular formula is C23H38N6O. The van der Waals surface area contributed by atoms with Gasteiger partial charge >= 0.3 is 0 Å². The number of aromatic nitrogens is 1. The smallest absolute Gasteiger partial charge is 0.224 e. The van der Waals surface area contributed by atoms with Crippen LogP contribution in [0.4, 0.5) is 5.82 Å². The van der Waals surface area contributed by atoms with Gasteiger partial charge in [-0.25, -0.2) is 4.98 Å². The number of guanidine groups is 1. The molecule has 7 heteroatoms. The van der Waals surface area contributed by atoms with Crippen LogP contribution in [0.5, 0.6) is 0 Å². The largest absolute Gasteiger partial charge is 0.356 e. The molecule has 0 radical (unpaired) electrons. The molecule has 30 heavy (non-hydrogen) atoms. The molecule has 1 aliphatic heterocycles. The van der Waals surface area contributed by atoms with E-state index < -0.39 is 0 Å². The van der Waals surface area contributed by atoms with Crippen LogP contribution in [0, 0.1) is 11.8 Å². The van der Waals surface area contributed by atoms with Crippen molar-refractivity contribution in [2.24, 2.45) is 16.8 Å². The number of aliphatic imine (C=N–C) groups is 1. The number of hydrogen-bond donors (Lipinski definition) is 1. The normalized spacial score (nSPS) is 22.7. The lowest BCUT2D eigenvalue weighted by atomic mass is 9.83. The molecule has 2 heterocycles. The first kappa shape index (κ1) is 22.4. The molecule has 2 aliphatic rings. The van der Waals surface area contributed by atoms with E-state index >= 15 is 0 Å². The van der Waals surface area contributed by atoms with Gasteiger partial charge < -0.3 is 20.0 Å². The molecule has 1 aromatic heterocycles. The van der Waals surface area contributed by atoms with Crippen LogP contribution in [-0.4, -0.2) is 80.0 Å². The topological polar surface area (TPSA) is 64.1 Å². The second-order valence-electron chi connectivity index (χ2n) is 8.79. The Morgan fingerprint density at radius 1 is 1.20 bits per heavy atom. The highest BCUT2D eigenvalue weighted by atomic mass is 16.2. The van der Waals surface area contributed by atoms with Gasteiger partial charge in [0, 0.05) is 66.0 Å². The summed E-state index contributed by atoms with van der Waals surface area (Å²) in [4.78, 5) is 27.9. The van der Waals surface area contributed by atoms with E-state index in [9.17, 15) is 4.79 Å². The highest BCUT2D eigenvalue weighted by Crippen LogP contribution is 2.28. The maximum absolute atomic E-state index is 12.6. The molecule has 166 valence electrons. The number of amides is 1. The maximum atomic E-state index is 12.6.